The molecule has 0 saturated carbocycles. The first-order chi connectivity index (χ1) is 23.7. The van der Waals surface area contributed by atoms with Crippen LogP contribution in [0.15, 0.2) is 0 Å². The molecule has 0 bridgehead atoms. The van der Waals surface area contributed by atoms with Crippen LogP contribution in [0.5, 0.6) is 0 Å². The molecule has 20 unspecified atom stereocenters. The highest BCUT2D eigenvalue weighted by molar-refractivity contribution is 5.71. The van der Waals surface area contributed by atoms with E-state index in [1.165, 1.54) is 21.3 Å². The first kappa shape index (κ1) is 40.1. The van der Waals surface area contributed by atoms with Gasteiger partial charge in [0, 0.05) is 40.6 Å². The smallest absolute Gasteiger partial charge is 0.308 e. The van der Waals surface area contributed by atoms with Crippen LogP contribution in [0.2, 0.25) is 0 Å². The minimum absolute atomic E-state index is 0.0580. The van der Waals surface area contributed by atoms with E-state index < -0.39 is 123 Å². The summed E-state index contributed by atoms with van der Waals surface area (Å²) in [5, 5.41) is 43.3. The normalized spacial score (nSPS) is 50.5. The Bertz CT molecular complexity index is 1060. The van der Waals surface area contributed by atoms with Crippen LogP contribution in [-0.2, 0) is 61.6 Å². The molecule has 290 valence electrons. The van der Waals surface area contributed by atoms with Gasteiger partial charge in [0.15, 0.2) is 25.2 Å². The lowest BCUT2D eigenvalue weighted by atomic mass is 9.98. The van der Waals surface area contributed by atoms with Gasteiger partial charge in [-0.2, -0.15) is 0 Å². The molecule has 17 nitrogen and oxygen atoms in total. The van der Waals surface area contributed by atoms with Gasteiger partial charge in [-0.15, -0.1) is 0 Å². The fraction of sp³-hybridized carbons (Fsp3) is 0.970. The summed E-state index contributed by atoms with van der Waals surface area (Å²) in [6, 6.07) is 0. The third-order valence-electron chi connectivity index (χ3n) is 10.3. The molecule has 5 rings (SSSR count). The predicted molar refractivity (Wildman–Crippen MR) is 167 cm³/mol. The number of esters is 1. The maximum Gasteiger partial charge on any atom is 0.308 e. The van der Waals surface area contributed by atoms with Gasteiger partial charge in [-0.05, 0) is 34.6 Å². The molecular formula is C33H56O17. The average molecular weight is 725 g/mol. The Morgan fingerprint density at radius 1 is 0.520 bits per heavy atom. The van der Waals surface area contributed by atoms with E-state index in [0.717, 1.165) is 0 Å². The zero-order chi connectivity index (χ0) is 36.4. The van der Waals surface area contributed by atoms with Crippen LogP contribution in [0.1, 0.15) is 60.3 Å². The molecule has 5 saturated heterocycles. The number of hydrogen-bond donors (Lipinski definition) is 4. The van der Waals surface area contributed by atoms with Gasteiger partial charge >= 0.3 is 5.97 Å². The van der Waals surface area contributed by atoms with Crippen molar-refractivity contribution >= 4 is 5.97 Å². The molecule has 0 spiro atoms. The predicted octanol–water partition coefficient (Wildman–Crippen LogP) is -0.499. The maximum absolute atomic E-state index is 11.8. The lowest BCUT2D eigenvalue weighted by Gasteiger charge is -2.47. The molecule has 0 aromatic carbocycles. The number of carbonyl (C=O) groups is 1. The van der Waals surface area contributed by atoms with Gasteiger partial charge in [0.2, 0.25) is 0 Å². The summed E-state index contributed by atoms with van der Waals surface area (Å²) < 4.78 is 70.4. The molecule has 0 amide bonds. The highest BCUT2D eigenvalue weighted by Crippen LogP contribution is 2.35. The van der Waals surface area contributed by atoms with E-state index >= 15 is 0 Å². The Morgan fingerprint density at radius 2 is 1.00 bits per heavy atom. The van der Waals surface area contributed by atoms with Gasteiger partial charge in [0.05, 0.1) is 55.3 Å². The van der Waals surface area contributed by atoms with Crippen LogP contribution < -0.4 is 0 Å². The van der Waals surface area contributed by atoms with Gasteiger partial charge in [0.1, 0.15) is 48.8 Å². The third kappa shape index (κ3) is 8.97. The molecule has 17 heteroatoms. The van der Waals surface area contributed by atoms with Gasteiger partial charge in [-0.25, -0.2) is 0 Å². The molecule has 0 radical (unpaired) electrons. The second-order valence-corrected chi connectivity index (χ2v) is 13.9. The molecule has 50 heavy (non-hydrogen) atoms. The Balaban J connectivity index is 1.11. The maximum atomic E-state index is 11.8. The Labute approximate surface area is 292 Å². The monoisotopic (exact) mass is 724 g/mol. The topological polar surface area (TPSA) is 209 Å². The quantitative estimate of drug-likeness (QED) is 0.198. The second kappa shape index (κ2) is 17.3. The molecule has 0 aliphatic carbocycles. The van der Waals surface area contributed by atoms with Crippen LogP contribution in [0.4, 0.5) is 0 Å². The van der Waals surface area contributed by atoms with Crippen molar-refractivity contribution in [3.05, 3.63) is 0 Å². The van der Waals surface area contributed by atoms with Gasteiger partial charge < -0.3 is 77.3 Å². The number of hydrogen-bond acceptors (Lipinski definition) is 17. The molecule has 5 fully saturated rings. The number of aliphatic hydroxyl groups is 4. The molecule has 5 aliphatic heterocycles. The van der Waals surface area contributed by atoms with E-state index in [1.54, 1.807) is 34.6 Å². The zero-order valence-corrected chi connectivity index (χ0v) is 30.0. The van der Waals surface area contributed by atoms with E-state index in [-0.39, 0.29) is 31.7 Å². The lowest BCUT2D eigenvalue weighted by molar-refractivity contribution is -0.355. The second-order valence-electron chi connectivity index (χ2n) is 13.9. The molecule has 0 aromatic heterocycles. The summed E-state index contributed by atoms with van der Waals surface area (Å²) in [6.45, 7) is 8.68. The van der Waals surface area contributed by atoms with Crippen LogP contribution in [0.3, 0.4) is 0 Å². The largest absolute Gasteiger partial charge is 0.460 e. The fourth-order valence-electron chi connectivity index (χ4n) is 7.52. The van der Waals surface area contributed by atoms with Crippen molar-refractivity contribution in [2.24, 2.45) is 0 Å². The number of methoxy groups -OCH3 is 3. The van der Waals surface area contributed by atoms with E-state index in [1.807, 2.05) is 0 Å². The molecule has 20 atom stereocenters. The van der Waals surface area contributed by atoms with Crippen molar-refractivity contribution in [1.29, 1.82) is 0 Å². The van der Waals surface area contributed by atoms with Gasteiger partial charge in [-0.3, -0.25) is 4.79 Å². The van der Waals surface area contributed by atoms with Crippen molar-refractivity contribution in [3.8, 4) is 0 Å². The third-order valence-corrected chi connectivity index (χ3v) is 10.3. The minimum atomic E-state index is -1.24. The van der Waals surface area contributed by atoms with E-state index in [9.17, 15) is 25.2 Å². The number of ether oxygens (including phenoxy) is 12. The van der Waals surface area contributed by atoms with E-state index in [0.29, 0.717) is 0 Å². The van der Waals surface area contributed by atoms with E-state index in [4.69, 9.17) is 56.8 Å². The van der Waals surface area contributed by atoms with Gasteiger partial charge in [0.25, 0.3) is 0 Å². The minimum Gasteiger partial charge on any atom is -0.460 e. The van der Waals surface area contributed by atoms with Crippen molar-refractivity contribution < 1.29 is 82.1 Å². The number of carbonyl (C=O) groups excluding carboxylic acids is 1. The number of cyclic esters (lactones) is 1. The summed E-state index contributed by atoms with van der Waals surface area (Å²) in [4.78, 5) is 11.8. The molecule has 4 N–H and O–H groups in total. The average Bonchev–Trinajstić information content (AvgIpc) is 3.05. The standard InChI is InChI=1S/C33H56O17/c1-13-26(37)32(41-8)27(38)33(46-13)50-31-17(5)45-25(12-21(31)40-7)48-29-15(3)43-23(9-18(29)34)47-28-14(2)44-24(10-19(28)35)49-30-16(4)42-22(36)11-20(30)39-6/h13-21,23-35,37-38H,9-12H2,1-8H3. The highest BCUT2D eigenvalue weighted by Gasteiger charge is 2.50. The number of aliphatic hydroxyl groups excluding tert-OH is 4. The summed E-state index contributed by atoms with van der Waals surface area (Å²) in [7, 11) is 4.43. The molecule has 5 aliphatic rings. The Kier molecular flexibility index (Phi) is 13.9. The van der Waals surface area contributed by atoms with Crippen molar-refractivity contribution in [2.45, 2.75) is 183 Å². The van der Waals surface area contributed by atoms with Crippen LogP contribution in [0, 0.1) is 0 Å². The first-order valence-electron chi connectivity index (χ1n) is 17.5. The summed E-state index contributed by atoms with van der Waals surface area (Å²) in [5.74, 6) is -0.365. The summed E-state index contributed by atoms with van der Waals surface area (Å²) in [6.07, 6.45) is -14.9. The first-order valence-corrected chi connectivity index (χ1v) is 17.5. The molecule has 0 aromatic rings. The Hall–Kier alpha value is -1.13. The summed E-state index contributed by atoms with van der Waals surface area (Å²) in [5.41, 5.74) is 0. The van der Waals surface area contributed by atoms with Crippen molar-refractivity contribution in [1.82, 2.24) is 0 Å². The van der Waals surface area contributed by atoms with E-state index in [2.05, 4.69) is 0 Å². The van der Waals surface area contributed by atoms with Gasteiger partial charge in [-0.1, -0.05) is 0 Å². The molecular weight excluding hydrogens is 668 g/mol. The Morgan fingerprint density at radius 3 is 1.50 bits per heavy atom. The lowest BCUT2D eigenvalue weighted by Crippen LogP contribution is -2.61. The van der Waals surface area contributed by atoms with Crippen molar-refractivity contribution in [3.63, 3.8) is 0 Å². The van der Waals surface area contributed by atoms with Crippen molar-refractivity contribution in [2.75, 3.05) is 21.3 Å². The number of rotatable bonds is 11. The zero-order valence-electron chi connectivity index (χ0n) is 30.0. The summed E-state index contributed by atoms with van der Waals surface area (Å²) >= 11 is 0. The SMILES string of the molecule is COC1CC(=O)OC(C)C1OC1CC(O)C(OC2CC(O)C(OC3CC(OC)C(OC4OC(C)C(O)C(OC)C4O)C(C)O3)C(C)O2)C(C)O1. The van der Waals surface area contributed by atoms with Crippen LogP contribution in [0.25, 0.3) is 0 Å². The van der Waals surface area contributed by atoms with Crippen LogP contribution >= 0.6 is 0 Å². The highest BCUT2D eigenvalue weighted by atomic mass is 16.8. The fourth-order valence-corrected chi connectivity index (χ4v) is 7.52. The molecule has 5 heterocycles. The van der Waals surface area contributed by atoms with Crippen LogP contribution in [-0.4, -0.2) is 171 Å².